The molecule has 1 fully saturated rings. The molecule has 0 saturated carbocycles. The Hall–Kier alpha value is -4.97. The number of esters is 1. The number of hydrogen-bond acceptors (Lipinski definition) is 8. The Bertz CT molecular complexity index is 2390. The van der Waals surface area contributed by atoms with Gasteiger partial charge in [0.2, 0.25) is 0 Å². The van der Waals surface area contributed by atoms with E-state index in [1.165, 1.54) is 38.7 Å². The molecule has 0 radical (unpaired) electrons. The van der Waals surface area contributed by atoms with Crippen molar-refractivity contribution in [2.24, 2.45) is 0 Å². The van der Waals surface area contributed by atoms with Crippen LogP contribution in [0.25, 0.3) is 0 Å². The van der Waals surface area contributed by atoms with Crippen LogP contribution in [0.1, 0.15) is 0 Å². The molecule has 2 amide bonds. The Morgan fingerprint density at radius 1 is 0.701 bits per heavy atom. The summed E-state index contributed by atoms with van der Waals surface area (Å²) < 4.78 is 18.0. The first kappa shape index (κ1) is 49.9. The van der Waals surface area contributed by atoms with Gasteiger partial charge in [-0.05, 0) is 23.8 Å². The predicted octanol–water partition coefficient (Wildman–Crippen LogP) is 7.37. The summed E-state index contributed by atoms with van der Waals surface area (Å²) in [6.07, 6.45) is 2.01. The van der Waals surface area contributed by atoms with Crippen LogP contribution in [0, 0.1) is 0 Å². The third kappa shape index (κ3) is 11.7. The van der Waals surface area contributed by atoms with Crippen molar-refractivity contribution in [2.75, 3.05) is 58.7 Å². The summed E-state index contributed by atoms with van der Waals surface area (Å²) >= 11 is 4.21. The van der Waals surface area contributed by atoms with E-state index in [4.69, 9.17) is 18.9 Å². The van der Waals surface area contributed by atoms with Gasteiger partial charge in [0, 0.05) is 7.11 Å². The zero-order valence-electron chi connectivity index (χ0n) is 37.4. The number of halogens is 1. The normalized spacial score (nSPS) is 16.1. The molecule has 0 aromatic heterocycles. The predicted molar refractivity (Wildman–Crippen MR) is 286 cm³/mol. The number of fused-ring (bicyclic) bond motifs is 1. The van der Waals surface area contributed by atoms with Crippen molar-refractivity contribution < 1.29 is 33.3 Å². The Labute approximate surface area is 412 Å². The van der Waals surface area contributed by atoms with Crippen molar-refractivity contribution in [3.63, 3.8) is 0 Å². The number of benzene rings is 6. The standard InChI is InChI=1S/C36H40IN2O7PS.C18H15P/c1-3-19-46-36(42)33-27(26-48-35-32(34(41)39(33)35)38-31(40)24-45-23-22-44-21-20-43-2)25-47(37,28-13-7-4-8-14-28,29-15-9-5-10-16-29)30-17-11-6-12-18-30;1-4-10-16(11-5-1)19(17-12-6-2-7-13-17)18-14-8-3-9-15-18/h3-18,32,35H,1,19-26H2,2H3,(H,38,40);1-15H. The van der Waals surface area contributed by atoms with Gasteiger partial charge in [-0.1, -0.05) is 91.0 Å². The first-order valence-electron chi connectivity index (χ1n) is 22.0. The molecule has 67 heavy (non-hydrogen) atoms. The van der Waals surface area contributed by atoms with Gasteiger partial charge in [0.25, 0.3) is 0 Å². The molecule has 1 N–H and O–H groups in total. The molecule has 2 aliphatic heterocycles. The summed E-state index contributed by atoms with van der Waals surface area (Å²) in [5, 5.41) is 10.0. The SMILES string of the molecule is C=CCOC(=O)C1=C(CP(I)(c2ccccc2)(c2ccccc2)c2ccccc2)CSC2C(NC(=O)COCCOCCOC)C(=O)N12.c1ccc(P(c2ccccc2)c2ccccc2)cc1. The van der Waals surface area contributed by atoms with E-state index in [1.807, 2.05) is 54.6 Å². The van der Waals surface area contributed by atoms with E-state index in [2.05, 4.69) is 161 Å². The zero-order valence-corrected chi connectivity index (χ0v) is 42.2. The third-order valence-corrected chi connectivity index (χ3v) is 26.3. The van der Waals surface area contributed by atoms with E-state index in [-0.39, 0.29) is 31.4 Å². The molecule has 346 valence electrons. The van der Waals surface area contributed by atoms with Crippen molar-refractivity contribution in [2.45, 2.75) is 11.4 Å². The monoisotopic (exact) mass is 1060 g/mol. The molecule has 0 bridgehead atoms. The Kier molecular flexibility index (Phi) is 18.1. The minimum absolute atomic E-state index is 0.00598. The van der Waals surface area contributed by atoms with Crippen LogP contribution in [0.3, 0.4) is 0 Å². The summed E-state index contributed by atoms with van der Waals surface area (Å²) in [6, 6.07) is 62.8. The number of amides is 2. The first-order chi connectivity index (χ1) is 32.8. The number of carbonyl (C=O) groups excluding carboxylic acids is 3. The van der Waals surface area contributed by atoms with E-state index < -0.39 is 35.5 Å². The molecule has 2 atom stereocenters. The quantitative estimate of drug-likeness (QED) is 0.0211. The largest absolute Gasteiger partial charge is 0.0622 e. The average Bonchev–Trinajstić information content (AvgIpc) is 3.39. The van der Waals surface area contributed by atoms with Gasteiger partial charge in [0.15, 0.2) is 0 Å². The number of nitrogens with one attached hydrogen (secondary N) is 1. The topological polar surface area (TPSA) is 103 Å². The molecule has 1 saturated heterocycles. The van der Waals surface area contributed by atoms with Crippen molar-refractivity contribution in [1.29, 1.82) is 0 Å². The van der Waals surface area contributed by atoms with Gasteiger partial charge in [-0.25, -0.2) is 0 Å². The molecule has 13 heteroatoms. The van der Waals surface area contributed by atoms with Gasteiger partial charge in [-0.15, -0.1) is 0 Å². The Morgan fingerprint density at radius 3 is 1.58 bits per heavy atom. The molecule has 6 aromatic carbocycles. The minimum atomic E-state index is -3.35. The maximum absolute atomic E-state index is 13.9. The van der Waals surface area contributed by atoms with E-state index in [0.717, 1.165) is 21.5 Å². The van der Waals surface area contributed by atoms with Crippen molar-refractivity contribution in [3.05, 3.63) is 206 Å². The molecule has 8 rings (SSSR count). The number of β-lactam (4-membered cyclic amide) rings is 1. The van der Waals surface area contributed by atoms with Crippen LogP contribution in [-0.4, -0.2) is 92.8 Å². The summed E-state index contributed by atoms with van der Waals surface area (Å²) in [5.74, 6) is -0.882. The van der Waals surface area contributed by atoms with Crippen molar-refractivity contribution in [3.8, 4) is 0 Å². The molecule has 0 spiro atoms. The molecule has 2 aliphatic rings. The first-order valence-corrected chi connectivity index (χ1v) is 29.6. The molecule has 9 nitrogen and oxygen atoms in total. The molecule has 2 heterocycles. The van der Waals surface area contributed by atoms with Crippen LogP contribution >= 0.6 is 46.0 Å². The Balaban J connectivity index is 0.000000290. The summed E-state index contributed by atoms with van der Waals surface area (Å²) in [6.45, 7) is 4.97. The molecule has 2 unspecified atom stereocenters. The van der Waals surface area contributed by atoms with Crippen LogP contribution in [0.5, 0.6) is 0 Å². The van der Waals surface area contributed by atoms with Crippen LogP contribution in [-0.2, 0) is 33.3 Å². The summed E-state index contributed by atoms with van der Waals surface area (Å²) in [5.41, 5.74) is 1.07. The summed E-state index contributed by atoms with van der Waals surface area (Å²) in [4.78, 5) is 41.9. The Morgan fingerprint density at radius 2 is 1.13 bits per heavy atom. The van der Waals surface area contributed by atoms with Gasteiger partial charge < -0.3 is 9.47 Å². The maximum atomic E-state index is 13.9. The van der Waals surface area contributed by atoms with Gasteiger partial charge in [-0.2, -0.15) is 0 Å². The van der Waals surface area contributed by atoms with Crippen LogP contribution in [0.2, 0.25) is 0 Å². The number of thioether (sulfide) groups is 1. The zero-order chi connectivity index (χ0) is 46.9. The van der Waals surface area contributed by atoms with Gasteiger partial charge in [0.05, 0.1) is 13.2 Å². The van der Waals surface area contributed by atoms with Crippen molar-refractivity contribution >= 4 is 95.6 Å². The molecule has 0 aliphatic carbocycles. The second kappa shape index (κ2) is 24.4. The van der Waals surface area contributed by atoms with E-state index in [0.29, 0.717) is 31.7 Å². The molecular weight excluding hydrogens is 1010 g/mol. The fraction of sp³-hybridized carbons (Fsp3) is 0.204. The van der Waals surface area contributed by atoms with Crippen LogP contribution < -0.4 is 37.1 Å². The minimum Gasteiger partial charge on any atom is -0.0622 e. The number of rotatable bonds is 20. The fourth-order valence-corrected chi connectivity index (χ4v) is 20.9. The average molecular weight is 1060 g/mol. The molecular formula is C54H55IN2O7P2S. The van der Waals surface area contributed by atoms with Crippen LogP contribution in [0.15, 0.2) is 206 Å². The van der Waals surface area contributed by atoms with Gasteiger partial charge in [-0.3, -0.25) is 0 Å². The number of methoxy groups -OCH3 is 1. The second-order valence-electron chi connectivity index (χ2n) is 15.6. The number of carbonyl (C=O) groups is 3. The number of nitrogens with zero attached hydrogens (tertiary/aromatic N) is 1. The van der Waals surface area contributed by atoms with Crippen LogP contribution in [0.4, 0.5) is 0 Å². The van der Waals surface area contributed by atoms with Gasteiger partial charge >= 0.3 is 270 Å². The van der Waals surface area contributed by atoms with Gasteiger partial charge in [0.1, 0.15) is 0 Å². The fourth-order valence-electron chi connectivity index (χ4n) is 8.21. The van der Waals surface area contributed by atoms with E-state index >= 15 is 0 Å². The van der Waals surface area contributed by atoms with E-state index in [1.54, 1.807) is 7.11 Å². The van der Waals surface area contributed by atoms with E-state index in [9.17, 15) is 14.4 Å². The maximum Gasteiger partial charge on any atom is -0.0134 e. The number of ether oxygens (including phenoxy) is 4. The second-order valence-corrected chi connectivity index (χ2v) is 29.6. The van der Waals surface area contributed by atoms with Crippen molar-refractivity contribution in [1.82, 2.24) is 10.2 Å². The molecule has 6 aromatic rings. The number of hydrogen-bond donors (Lipinski definition) is 1. The smallest absolute Gasteiger partial charge is 0.0134 e. The summed E-state index contributed by atoms with van der Waals surface area (Å²) in [7, 11) is 1.15. The third-order valence-electron chi connectivity index (χ3n) is 11.3.